The van der Waals surface area contributed by atoms with E-state index < -0.39 is 17.9 Å². The minimum atomic E-state index is -1.11. The van der Waals surface area contributed by atoms with Crippen molar-refractivity contribution in [3.63, 3.8) is 0 Å². The first-order valence-electron chi connectivity index (χ1n) is 12.4. The Morgan fingerprint density at radius 2 is 1.83 bits per heavy atom. The van der Waals surface area contributed by atoms with Gasteiger partial charge < -0.3 is 16.0 Å². The Hall–Kier alpha value is -4.08. The Kier molecular flexibility index (Phi) is 6.75. The number of nitrogens with one attached hydrogen (secondary N) is 2. The molecule has 2 aliphatic rings. The van der Waals surface area contributed by atoms with E-state index in [4.69, 9.17) is 5.73 Å². The summed E-state index contributed by atoms with van der Waals surface area (Å²) in [6.07, 6.45) is 12.9. The average Bonchev–Trinajstić information content (AvgIpc) is 3.61. The molecule has 36 heavy (non-hydrogen) atoms. The highest BCUT2D eigenvalue weighted by Gasteiger charge is 2.38. The highest BCUT2D eigenvalue weighted by Crippen LogP contribution is 2.40. The van der Waals surface area contributed by atoms with Gasteiger partial charge in [-0.2, -0.15) is 0 Å². The van der Waals surface area contributed by atoms with Crippen LogP contribution >= 0.6 is 0 Å². The van der Waals surface area contributed by atoms with Crippen LogP contribution in [0.4, 0.5) is 5.69 Å². The molecule has 5 rings (SSSR count). The molecule has 4 N–H and O–H groups in total. The predicted octanol–water partition coefficient (Wildman–Crippen LogP) is 3.01. The Morgan fingerprint density at radius 1 is 1.03 bits per heavy atom. The fraction of sp³-hybridized carbons (Fsp3) is 0.385. The molecule has 1 atom stereocenters. The summed E-state index contributed by atoms with van der Waals surface area (Å²) in [6, 6.07) is 5.81. The number of hydrogen-bond donors (Lipinski definition) is 3. The number of aromatic amines is 1. The molecule has 3 aromatic rings. The van der Waals surface area contributed by atoms with Crippen molar-refractivity contribution in [2.45, 2.75) is 62.9 Å². The van der Waals surface area contributed by atoms with Crippen molar-refractivity contribution >= 4 is 23.4 Å². The third-order valence-electron chi connectivity index (χ3n) is 6.79. The van der Waals surface area contributed by atoms with Crippen LogP contribution in [0.1, 0.15) is 89.1 Å². The number of pyridine rings is 2. The van der Waals surface area contributed by atoms with Crippen LogP contribution in [0.3, 0.4) is 0 Å². The van der Waals surface area contributed by atoms with Gasteiger partial charge in [0.2, 0.25) is 5.91 Å². The Morgan fingerprint density at radius 3 is 2.47 bits per heavy atom. The molecule has 3 heterocycles. The Labute approximate surface area is 208 Å². The first-order chi connectivity index (χ1) is 17.5. The van der Waals surface area contributed by atoms with Crippen molar-refractivity contribution in [3.05, 3.63) is 71.8 Å². The van der Waals surface area contributed by atoms with E-state index in [9.17, 15) is 14.4 Å². The van der Waals surface area contributed by atoms with Gasteiger partial charge in [-0.3, -0.25) is 24.3 Å². The number of rotatable bonds is 8. The maximum absolute atomic E-state index is 13.9. The molecule has 186 valence electrons. The van der Waals surface area contributed by atoms with Crippen LogP contribution in [0.25, 0.3) is 0 Å². The minimum absolute atomic E-state index is 0.0144. The van der Waals surface area contributed by atoms with E-state index in [1.165, 1.54) is 17.4 Å². The van der Waals surface area contributed by atoms with E-state index in [1.807, 2.05) is 0 Å². The average molecular weight is 488 g/mol. The molecule has 0 spiro atoms. The summed E-state index contributed by atoms with van der Waals surface area (Å²) in [4.78, 5) is 57.1. The van der Waals surface area contributed by atoms with Crippen LogP contribution in [0.5, 0.6) is 0 Å². The van der Waals surface area contributed by atoms with Crippen LogP contribution in [0, 0.1) is 0 Å². The molecule has 0 bridgehead atoms. The maximum Gasteiger partial charge on any atom is 0.277 e. The molecule has 2 aliphatic carbocycles. The zero-order valence-electron chi connectivity index (χ0n) is 19.9. The van der Waals surface area contributed by atoms with Gasteiger partial charge in [-0.05, 0) is 43.9 Å². The molecule has 3 aromatic heterocycles. The van der Waals surface area contributed by atoms with E-state index >= 15 is 0 Å². The summed E-state index contributed by atoms with van der Waals surface area (Å²) in [5.74, 6) is -1.39. The highest BCUT2D eigenvalue weighted by molar-refractivity contribution is 6.12. The first-order valence-corrected chi connectivity index (χ1v) is 12.4. The lowest BCUT2D eigenvalue weighted by molar-refractivity contribution is -0.123. The van der Waals surface area contributed by atoms with Crippen LogP contribution in [0.2, 0.25) is 0 Å². The zero-order chi connectivity index (χ0) is 25.1. The van der Waals surface area contributed by atoms with Gasteiger partial charge in [0.1, 0.15) is 11.7 Å². The number of hydrogen-bond acceptors (Lipinski definition) is 6. The predicted molar refractivity (Wildman–Crippen MR) is 132 cm³/mol. The number of anilines is 1. The molecule has 3 amide bonds. The van der Waals surface area contributed by atoms with Gasteiger partial charge in [0.25, 0.3) is 11.8 Å². The van der Waals surface area contributed by atoms with Crippen LogP contribution < -0.4 is 16.0 Å². The summed E-state index contributed by atoms with van der Waals surface area (Å²) in [7, 11) is 0. The number of nitrogens with zero attached hydrogens (tertiary/aromatic N) is 4. The van der Waals surface area contributed by atoms with E-state index in [2.05, 4.69) is 25.3 Å². The number of primary amides is 1. The molecular formula is C26H29N7O3. The van der Waals surface area contributed by atoms with Crippen molar-refractivity contribution in [1.29, 1.82) is 0 Å². The van der Waals surface area contributed by atoms with E-state index in [1.54, 1.807) is 36.7 Å². The normalized spacial score (nSPS) is 16.8. The number of imidazole rings is 1. The van der Waals surface area contributed by atoms with Crippen molar-refractivity contribution in [3.8, 4) is 0 Å². The van der Waals surface area contributed by atoms with Crippen LogP contribution in [-0.2, 0) is 4.79 Å². The number of carbonyl (C=O) groups excluding carboxylic acids is 3. The van der Waals surface area contributed by atoms with Crippen LogP contribution in [0.15, 0.2) is 49.2 Å². The molecule has 0 aromatic carbocycles. The smallest absolute Gasteiger partial charge is 0.277 e. The fourth-order valence-corrected chi connectivity index (χ4v) is 4.80. The number of amides is 3. The van der Waals surface area contributed by atoms with Crippen molar-refractivity contribution in [2.24, 2.45) is 5.73 Å². The lowest BCUT2D eigenvalue weighted by Crippen LogP contribution is -2.48. The molecule has 0 radical (unpaired) electrons. The van der Waals surface area contributed by atoms with Gasteiger partial charge in [0.05, 0.1) is 18.2 Å². The molecule has 10 nitrogen and oxygen atoms in total. The largest absolute Gasteiger partial charge is 0.364 e. The Balaban J connectivity index is 1.63. The second kappa shape index (κ2) is 10.3. The van der Waals surface area contributed by atoms with Crippen molar-refractivity contribution in [1.82, 2.24) is 25.3 Å². The number of carbonyl (C=O) groups is 3. The first kappa shape index (κ1) is 23.7. The monoisotopic (exact) mass is 487 g/mol. The summed E-state index contributed by atoms with van der Waals surface area (Å²) in [6.45, 7) is 0. The Bertz CT molecular complexity index is 1240. The van der Waals surface area contributed by atoms with Gasteiger partial charge in [-0.15, -0.1) is 0 Å². The minimum Gasteiger partial charge on any atom is -0.364 e. The number of aromatic nitrogens is 4. The van der Waals surface area contributed by atoms with Gasteiger partial charge in [0, 0.05) is 35.6 Å². The van der Waals surface area contributed by atoms with Gasteiger partial charge >= 0.3 is 0 Å². The third-order valence-corrected chi connectivity index (χ3v) is 6.79. The van der Waals surface area contributed by atoms with E-state index in [0.717, 1.165) is 50.6 Å². The molecule has 2 saturated carbocycles. The standard InChI is InChI=1S/C26H29N7O3/c27-24(34)22-21(11-10-19(32-22)16-8-9-16)33(26(36)20-14-29-15-30-20)23(17-5-4-12-28-13-17)25(35)31-18-6-2-1-3-7-18/h4-5,10-16,18,23H,1-3,6-9H2,(H2,27,34)(H,29,30)(H,31,35)/t23-/m1/s1. The number of H-pyrrole nitrogens is 1. The topological polar surface area (TPSA) is 147 Å². The lowest BCUT2D eigenvalue weighted by Gasteiger charge is -2.33. The SMILES string of the molecule is NC(=O)c1nc(C2CC2)ccc1N(C(=O)c1cnc[nH]1)[C@@H](C(=O)NC1CCCCC1)c1cccnc1. The van der Waals surface area contributed by atoms with E-state index in [0.29, 0.717) is 5.56 Å². The van der Waals surface area contributed by atoms with Gasteiger partial charge in [-0.25, -0.2) is 9.97 Å². The summed E-state index contributed by atoms with van der Waals surface area (Å²) in [5, 5.41) is 3.13. The second-order valence-corrected chi connectivity index (χ2v) is 9.42. The molecule has 10 heteroatoms. The van der Waals surface area contributed by atoms with E-state index in [-0.39, 0.29) is 34.9 Å². The summed E-state index contributed by atoms with van der Waals surface area (Å²) in [5.41, 5.74) is 7.29. The molecule has 0 saturated heterocycles. The summed E-state index contributed by atoms with van der Waals surface area (Å²) >= 11 is 0. The third kappa shape index (κ3) is 4.98. The van der Waals surface area contributed by atoms with Gasteiger partial charge in [-0.1, -0.05) is 25.3 Å². The lowest BCUT2D eigenvalue weighted by atomic mass is 9.94. The van der Waals surface area contributed by atoms with Crippen molar-refractivity contribution < 1.29 is 14.4 Å². The molecule has 0 unspecified atom stereocenters. The summed E-state index contributed by atoms with van der Waals surface area (Å²) < 4.78 is 0. The highest BCUT2D eigenvalue weighted by atomic mass is 16.2. The van der Waals surface area contributed by atoms with Crippen LogP contribution in [-0.4, -0.2) is 43.7 Å². The molecular weight excluding hydrogens is 458 g/mol. The molecule has 2 fully saturated rings. The van der Waals surface area contributed by atoms with Crippen molar-refractivity contribution in [2.75, 3.05) is 4.90 Å². The zero-order valence-corrected chi connectivity index (χ0v) is 19.9. The maximum atomic E-state index is 13.9. The quantitative estimate of drug-likeness (QED) is 0.445. The van der Waals surface area contributed by atoms with Gasteiger partial charge in [0.15, 0.2) is 5.69 Å². The number of nitrogens with two attached hydrogens (primary N) is 1. The molecule has 0 aliphatic heterocycles. The second-order valence-electron chi connectivity index (χ2n) is 9.42. The fourth-order valence-electron chi connectivity index (χ4n) is 4.80.